The quantitative estimate of drug-likeness (QED) is 0.512. The van der Waals surface area contributed by atoms with Crippen LogP contribution in [0.1, 0.15) is 51.7 Å². The highest BCUT2D eigenvalue weighted by molar-refractivity contribution is 7.94. The van der Waals surface area contributed by atoms with Crippen LogP contribution in [0.2, 0.25) is 0 Å². The number of hydrogen-bond donors (Lipinski definition) is 2. The Kier molecular flexibility index (Phi) is 7.85. The van der Waals surface area contributed by atoms with Crippen molar-refractivity contribution in [2.75, 3.05) is 54.7 Å². The molecule has 1 aromatic heterocycles. The van der Waals surface area contributed by atoms with Crippen LogP contribution >= 0.6 is 0 Å². The number of nitrogens with zero attached hydrogens (tertiary/aromatic N) is 5. The van der Waals surface area contributed by atoms with Crippen LogP contribution in [0.4, 0.5) is 23.1 Å². The van der Waals surface area contributed by atoms with Crippen molar-refractivity contribution in [1.82, 2.24) is 19.8 Å². The average Bonchev–Trinajstić information content (AvgIpc) is 2.91. The van der Waals surface area contributed by atoms with Gasteiger partial charge in [-0.05, 0) is 83.9 Å². The normalized spacial score (nSPS) is 20.5. The van der Waals surface area contributed by atoms with E-state index < -0.39 is 14.8 Å². The fourth-order valence-corrected chi connectivity index (χ4v) is 6.89. The molecular formula is C30H43N7O2S. The Bertz CT molecular complexity index is 1420. The number of piperazine rings is 1. The second-order valence-electron chi connectivity index (χ2n) is 12.3. The third-order valence-corrected chi connectivity index (χ3v) is 10.6. The fraction of sp³-hybridized carbons (Fsp3) is 0.533. The monoisotopic (exact) mass is 565 g/mol. The molecule has 1 aliphatic carbocycles. The predicted molar refractivity (Wildman–Crippen MR) is 163 cm³/mol. The molecule has 10 heteroatoms. The smallest absolute Gasteiger partial charge is 0.240 e. The van der Waals surface area contributed by atoms with Crippen molar-refractivity contribution in [3.05, 3.63) is 59.1 Å². The number of rotatable bonds is 6. The van der Waals surface area contributed by atoms with E-state index in [9.17, 15) is 8.42 Å². The second-order valence-corrected chi connectivity index (χ2v) is 14.9. The molecule has 0 saturated carbocycles. The zero-order valence-corrected chi connectivity index (χ0v) is 25.5. The van der Waals surface area contributed by atoms with Crippen molar-refractivity contribution < 1.29 is 8.42 Å². The molecule has 0 bridgehead atoms. The molecule has 1 unspecified atom stereocenters. The Morgan fingerprint density at radius 2 is 1.77 bits per heavy atom. The number of anilines is 4. The van der Waals surface area contributed by atoms with E-state index in [2.05, 4.69) is 51.5 Å². The van der Waals surface area contributed by atoms with Gasteiger partial charge in [0.15, 0.2) is 0 Å². The van der Waals surface area contributed by atoms with Crippen LogP contribution < -0.4 is 14.9 Å². The molecule has 2 aromatic rings. The molecule has 1 fully saturated rings. The highest BCUT2D eigenvalue weighted by atomic mass is 32.2. The number of aromatic nitrogens is 2. The molecule has 0 amide bonds. The van der Waals surface area contributed by atoms with Gasteiger partial charge in [0.25, 0.3) is 0 Å². The topological polar surface area (TPSA) is 93.7 Å². The van der Waals surface area contributed by atoms with Gasteiger partial charge in [0.2, 0.25) is 16.0 Å². The van der Waals surface area contributed by atoms with Crippen molar-refractivity contribution in [2.24, 2.45) is 5.92 Å². The molecule has 0 spiro atoms. The van der Waals surface area contributed by atoms with Crippen LogP contribution in [0, 0.1) is 12.8 Å². The van der Waals surface area contributed by atoms with Crippen LogP contribution in [0.15, 0.2) is 47.9 Å². The zero-order chi connectivity index (χ0) is 28.7. The van der Waals surface area contributed by atoms with Crippen molar-refractivity contribution in [3.8, 4) is 0 Å². The number of aryl methyl sites for hydroxylation is 2. The first-order chi connectivity index (χ1) is 18.9. The van der Waals surface area contributed by atoms with Gasteiger partial charge >= 0.3 is 0 Å². The van der Waals surface area contributed by atoms with E-state index >= 15 is 0 Å². The number of benzene rings is 1. The van der Waals surface area contributed by atoms with E-state index in [1.54, 1.807) is 25.1 Å². The highest BCUT2D eigenvalue weighted by Gasteiger charge is 2.37. The molecular weight excluding hydrogens is 522 g/mol. The van der Waals surface area contributed by atoms with Crippen LogP contribution in [-0.2, 0) is 16.4 Å². The molecule has 9 nitrogen and oxygen atoms in total. The summed E-state index contributed by atoms with van der Waals surface area (Å²) in [6.45, 7) is 14.3. The summed E-state index contributed by atoms with van der Waals surface area (Å²) in [6.07, 6.45) is 8.87. The molecule has 2 aliphatic heterocycles. The second kappa shape index (κ2) is 11.0. The lowest BCUT2D eigenvalue weighted by atomic mass is 9.95. The molecule has 0 radical (unpaired) electrons. The lowest BCUT2D eigenvalue weighted by molar-refractivity contribution is 0.179. The maximum absolute atomic E-state index is 13.3. The molecule has 5 rings (SSSR count). The minimum atomic E-state index is -3.50. The lowest BCUT2D eigenvalue weighted by Gasteiger charge is -2.37. The molecule has 2 N–H and O–H groups in total. The first-order valence-corrected chi connectivity index (χ1v) is 15.7. The Morgan fingerprint density at radius 3 is 2.48 bits per heavy atom. The molecule has 216 valence electrons. The van der Waals surface area contributed by atoms with Crippen LogP contribution in [-0.4, -0.2) is 72.7 Å². The third kappa shape index (κ3) is 5.83. The summed E-state index contributed by atoms with van der Waals surface area (Å²) in [7, 11) is -1.32. The van der Waals surface area contributed by atoms with Gasteiger partial charge in [-0.1, -0.05) is 13.0 Å². The summed E-state index contributed by atoms with van der Waals surface area (Å²) in [5.74, 6) is 1.56. The number of hydrogen-bond acceptors (Lipinski definition) is 8. The van der Waals surface area contributed by atoms with E-state index in [0.29, 0.717) is 24.2 Å². The number of nitrogens with one attached hydrogen (secondary N) is 2. The number of sulfonamides is 1. The van der Waals surface area contributed by atoms with Gasteiger partial charge in [0, 0.05) is 67.5 Å². The number of allylic oxidation sites excluding steroid dienone is 4. The molecule has 1 aromatic carbocycles. The highest BCUT2D eigenvalue weighted by Crippen LogP contribution is 2.36. The van der Waals surface area contributed by atoms with E-state index in [4.69, 9.17) is 4.98 Å². The van der Waals surface area contributed by atoms with Crippen LogP contribution in [0.5, 0.6) is 0 Å². The van der Waals surface area contributed by atoms with Gasteiger partial charge in [-0.3, -0.25) is 4.31 Å². The van der Waals surface area contributed by atoms with E-state index in [0.717, 1.165) is 73.6 Å². The third-order valence-electron chi connectivity index (χ3n) is 8.13. The molecule has 3 heterocycles. The number of likely N-dealkylation sites (N-methyl/N-ethyl adjacent to an activating group) is 1. The SMILES string of the molecule is Cc1cnc(NC2=CC=C(N3CCN(C)CC3)CC2C)nc1Nc1ccc2c(c1)N(S(=O)(=O)C(C)(C)C)CCC2. The predicted octanol–water partition coefficient (Wildman–Crippen LogP) is 4.88. The average molecular weight is 566 g/mol. The minimum absolute atomic E-state index is 0.331. The lowest BCUT2D eigenvalue weighted by Crippen LogP contribution is -2.45. The Hall–Kier alpha value is -3.11. The summed E-state index contributed by atoms with van der Waals surface area (Å²) >= 11 is 0. The summed E-state index contributed by atoms with van der Waals surface area (Å²) < 4.78 is 27.4. The molecule has 1 saturated heterocycles. The van der Waals surface area contributed by atoms with E-state index in [1.165, 1.54) is 5.70 Å². The Morgan fingerprint density at radius 1 is 1.02 bits per heavy atom. The summed E-state index contributed by atoms with van der Waals surface area (Å²) in [6, 6.07) is 5.95. The first-order valence-electron chi connectivity index (χ1n) is 14.3. The van der Waals surface area contributed by atoms with Crippen molar-refractivity contribution in [2.45, 2.75) is 58.6 Å². The molecule has 40 heavy (non-hydrogen) atoms. The largest absolute Gasteiger partial charge is 0.372 e. The van der Waals surface area contributed by atoms with E-state index in [-0.39, 0.29) is 0 Å². The summed E-state index contributed by atoms with van der Waals surface area (Å²) in [4.78, 5) is 14.2. The van der Waals surface area contributed by atoms with Crippen LogP contribution in [0.25, 0.3) is 0 Å². The van der Waals surface area contributed by atoms with Crippen molar-refractivity contribution in [1.29, 1.82) is 0 Å². The molecule has 3 aliphatic rings. The number of fused-ring (bicyclic) bond motifs is 1. The summed E-state index contributed by atoms with van der Waals surface area (Å²) in [5, 5.41) is 6.87. The Balaban J connectivity index is 1.34. The van der Waals surface area contributed by atoms with Crippen molar-refractivity contribution >= 4 is 33.2 Å². The standard InChI is InChI=1S/C30H43N7O2S/c1-21-18-25(36-16-14-35(6)15-17-36)11-12-26(21)33-29-31-20-22(2)28(34-29)32-24-10-9-23-8-7-13-37(27(23)19-24)40(38,39)30(3,4)5/h9-12,19-21H,7-8,13-18H2,1-6H3,(H2,31,32,33,34). The van der Waals surface area contributed by atoms with Gasteiger partial charge in [-0.25, -0.2) is 13.4 Å². The minimum Gasteiger partial charge on any atom is -0.372 e. The van der Waals surface area contributed by atoms with Gasteiger partial charge < -0.3 is 20.4 Å². The van der Waals surface area contributed by atoms with Crippen molar-refractivity contribution in [3.63, 3.8) is 0 Å². The van der Waals surface area contributed by atoms with Gasteiger partial charge in [-0.2, -0.15) is 4.98 Å². The Labute approximate surface area is 239 Å². The van der Waals surface area contributed by atoms with Gasteiger partial charge in [0.05, 0.1) is 10.4 Å². The summed E-state index contributed by atoms with van der Waals surface area (Å²) in [5.41, 5.74) is 6.00. The maximum atomic E-state index is 13.3. The van der Waals surface area contributed by atoms with E-state index in [1.807, 2.05) is 31.3 Å². The van der Waals surface area contributed by atoms with Gasteiger partial charge in [0.1, 0.15) is 5.82 Å². The first kappa shape index (κ1) is 28.4. The fourth-order valence-electron chi connectivity index (χ4n) is 5.43. The zero-order valence-electron chi connectivity index (χ0n) is 24.7. The van der Waals surface area contributed by atoms with Gasteiger partial charge in [-0.15, -0.1) is 0 Å². The molecule has 1 atom stereocenters. The maximum Gasteiger partial charge on any atom is 0.240 e. The van der Waals surface area contributed by atoms with Crippen LogP contribution in [0.3, 0.4) is 0 Å².